The maximum atomic E-state index is 14.5. The fraction of sp³-hybridized carbons (Fsp3) is 0.333. The molecule has 0 spiro atoms. The first-order valence-corrected chi connectivity index (χ1v) is 17.3. The van der Waals surface area contributed by atoms with Crippen molar-refractivity contribution in [3.8, 4) is 5.75 Å². The molecule has 1 N–H and O–H groups in total. The molecule has 0 radical (unpaired) electrons. The van der Waals surface area contributed by atoms with Gasteiger partial charge in [-0.15, -0.1) is 0 Å². The van der Waals surface area contributed by atoms with Crippen LogP contribution in [0.15, 0.2) is 97.1 Å². The Morgan fingerprint density at radius 3 is 2.27 bits per heavy atom. The second kappa shape index (κ2) is 14.6. The van der Waals surface area contributed by atoms with Gasteiger partial charge >= 0.3 is 0 Å². The second-order valence-corrected chi connectivity index (χ2v) is 13.6. The Bertz CT molecular complexity index is 1720. The number of rotatable bonds is 12. The van der Waals surface area contributed by atoms with E-state index in [9.17, 15) is 18.0 Å². The van der Waals surface area contributed by atoms with E-state index in [2.05, 4.69) is 5.32 Å². The van der Waals surface area contributed by atoms with Crippen molar-refractivity contribution in [3.05, 3.63) is 108 Å². The number of ether oxygens (including phenoxy) is 1. The van der Waals surface area contributed by atoms with Crippen LogP contribution in [0.25, 0.3) is 10.8 Å². The Kier molecular flexibility index (Phi) is 10.4. The van der Waals surface area contributed by atoms with Crippen LogP contribution in [-0.4, -0.2) is 57.1 Å². The quantitative estimate of drug-likeness (QED) is 0.217. The van der Waals surface area contributed by atoms with Gasteiger partial charge in [-0.25, -0.2) is 8.42 Å². The zero-order valence-corrected chi connectivity index (χ0v) is 26.7. The number of carbonyl (C=O) groups is 2. The Labute approximate surface area is 266 Å². The van der Waals surface area contributed by atoms with E-state index in [4.69, 9.17) is 4.74 Å². The number of sulfonamides is 1. The third-order valence-electron chi connectivity index (χ3n) is 8.42. The van der Waals surface area contributed by atoms with Gasteiger partial charge in [0.25, 0.3) is 0 Å². The van der Waals surface area contributed by atoms with Gasteiger partial charge in [0.05, 0.1) is 19.1 Å². The zero-order chi connectivity index (χ0) is 31.8. The molecule has 0 saturated heterocycles. The van der Waals surface area contributed by atoms with Crippen LogP contribution in [0.1, 0.15) is 43.2 Å². The van der Waals surface area contributed by atoms with Gasteiger partial charge in [-0.1, -0.05) is 98.1 Å². The molecule has 236 valence electrons. The molecule has 4 aromatic rings. The number of carbonyl (C=O) groups excluding carboxylic acids is 2. The number of fused-ring (bicyclic) bond motifs is 1. The smallest absolute Gasteiger partial charge is 0.244 e. The van der Waals surface area contributed by atoms with E-state index in [1.54, 1.807) is 19.2 Å². The van der Waals surface area contributed by atoms with Gasteiger partial charge < -0.3 is 15.0 Å². The molecule has 9 heteroatoms. The lowest BCUT2D eigenvalue weighted by molar-refractivity contribution is -0.140. The van der Waals surface area contributed by atoms with E-state index in [1.165, 1.54) is 4.90 Å². The predicted octanol–water partition coefficient (Wildman–Crippen LogP) is 5.70. The third-order valence-corrected chi connectivity index (χ3v) is 9.55. The molecule has 2 amide bonds. The highest BCUT2D eigenvalue weighted by Gasteiger charge is 2.34. The molecule has 1 aliphatic carbocycles. The number of methoxy groups -OCH3 is 1. The molecule has 0 bridgehead atoms. The van der Waals surface area contributed by atoms with Crippen molar-refractivity contribution >= 4 is 38.3 Å². The minimum Gasteiger partial charge on any atom is -0.497 e. The summed E-state index contributed by atoms with van der Waals surface area (Å²) < 4.78 is 33.2. The highest BCUT2D eigenvalue weighted by molar-refractivity contribution is 7.92. The van der Waals surface area contributed by atoms with Crippen molar-refractivity contribution < 1.29 is 22.7 Å². The number of nitrogens with zero attached hydrogens (tertiary/aromatic N) is 2. The van der Waals surface area contributed by atoms with Crippen molar-refractivity contribution in [2.75, 3.05) is 24.2 Å². The Morgan fingerprint density at radius 1 is 0.867 bits per heavy atom. The number of nitrogens with one attached hydrogen (secondary N) is 1. The number of hydrogen-bond acceptors (Lipinski definition) is 5. The summed E-state index contributed by atoms with van der Waals surface area (Å²) in [4.78, 5) is 30.2. The maximum absolute atomic E-state index is 14.5. The van der Waals surface area contributed by atoms with Crippen molar-refractivity contribution in [1.82, 2.24) is 10.2 Å². The Hall–Kier alpha value is -4.37. The van der Waals surface area contributed by atoms with Crippen LogP contribution < -0.4 is 14.4 Å². The van der Waals surface area contributed by atoms with E-state index in [1.807, 2.05) is 84.9 Å². The second-order valence-electron chi connectivity index (χ2n) is 11.7. The van der Waals surface area contributed by atoms with E-state index in [0.717, 1.165) is 59.2 Å². The molecular weight excluding hydrogens is 586 g/mol. The lowest BCUT2D eigenvalue weighted by Crippen LogP contribution is -2.55. The molecule has 45 heavy (non-hydrogen) atoms. The van der Waals surface area contributed by atoms with Gasteiger partial charge in [-0.05, 0) is 47.6 Å². The zero-order valence-electron chi connectivity index (χ0n) is 25.9. The number of amides is 2. The van der Waals surface area contributed by atoms with Crippen LogP contribution in [0.3, 0.4) is 0 Å². The topological polar surface area (TPSA) is 96.0 Å². The molecule has 0 heterocycles. The van der Waals surface area contributed by atoms with Crippen LogP contribution in [0.5, 0.6) is 5.75 Å². The number of anilines is 1. The van der Waals surface area contributed by atoms with Gasteiger partial charge in [0, 0.05) is 24.4 Å². The largest absolute Gasteiger partial charge is 0.497 e. The first kappa shape index (κ1) is 32.0. The molecule has 1 saturated carbocycles. The van der Waals surface area contributed by atoms with Crippen molar-refractivity contribution in [2.24, 2.45) is 0 Å². The summed E-state index contributed by atoms with van der Waals surface area (Å²) >= 11 is 0. The lowest BCUT2D eigenvalue weighted by Gasteiger charge is -2.35. The molecule has 8 nitrogen and oxygen atoms in total. The number of benzene rings is 4. The highest BCUT2D eigenvalue weighted by Crippen LogP contribution is 2.29. The minimum atomic E-state index is -3.88. The van der Waals surface area contributed by atoms with Crippen molar-refractivity contribution in [1.29, 1.82) is 0 Å². The van der Waals surface area contributed by atoms with Crippen molar-refractivity contribution in [3.63, 3.8) is 0 Å². The maximum Gasteiger partial charge on any atom is 0.244 e. The van der Waals surface area contributed by atoms with E-state index in [0.29, 0.717) is 16.8 Å². The minimum absolute atomic E-state index is 0.0431. The fourth-order valence-corrected chi connectivity index (χ4v) is 6.95. The summed E-state index contributed by atoms with van der Waals surface area (Å²) in [5, 5.41) is 4.81. The Morgan fingerprint density at radius 2 is 1.53 bits per heavy atom. The van der Waals surface area contributed by atoms with Gasteiger partial charge in [-0.2, -0.15) is 0 Å². The van der Waals surface area contributed by atoms with E-state index in [-0.39, 0.29) is 24.9 Å². The third kappa shape index (κ3) is 8.22. The van der Waals surface area contributed by atoms with Crippen LogP contribution in [0.4, 0.5) is 5.69 Å². The van der Waals surface area contributed by atoms with E-state index < -0.39 is 28.5 Å². The average molecular weight is 628 g/mol. The molecule has 5 rings (SSSR count). The first-order chi connectivity index (χ1) is 21.7. The van der Waals surface area contributed by atoms with Crippen LogP contribution in [0.2, 0.25) is 0 Å². The SMILES string of the molecule is COc1cccc(CN(C(=O)CN(c2cccc3ccccc23)S(C)(=O)=O)[C@@H](Cc2ccccc2)C(=O)NC2CCCCC2)c1. The van der Waals surface area contributed by atoms with Gasteiger partial charge in [0.2, 0.25) is 21.8 Å². The molecule has 1 atom stereocenters. The average Bonchev–Trinajstić information content (AvgIpc) is 3.05. The highest BCUT2D eigenvalue weighted by atomic mass is 32.2. The molecule has 1 aliphatic rings. The van der Waals surface area contributed by atoms with Gasteiger partial charge in [-0.3, -0.25) is 13.9 Å². The fourth-order valence-electron chi connectivity index (χ4n) is 6.09. The first-order valence-electron chi connectivity index (χ1n) is 15.4. The standard InChI is InChI=1S/C36H41N3O5S/c1-44-31-20-11-15-28(23-31)25-38(34(24-27-13-5-3-6-14-27)36(41)37-30-18-7-4-8-19-30)35(40)26-39(45(2,42)43)33-22-12-17-29-16-9-10-21-32(29)33/h3,5-6,9-17,20-23,30,34H,4,7-8,18-19,24-26H2,1-2H3,(H,37,41)/t34-/m0/s1. The summed E-state index contributed by atoms with van der Waals surface area (Å²) in [5.41, 5.74) is 2.08. The van der Waals surface area contributed by atoms with Gasteiger partial charge in [0.15, 0.2) is 0 Å². The summed E-state index contributed by atoms with van der Waals surface area (Å²) in [6, 6.07) is 29.0. The molecule has 1 fully saturated rings. The van der Waals surface area contributed by atoms with Crippen LogP contribution >= 0.6 is 0 Å². The predicted molar refractivity (Wildman–Crippen MR) is 179 cm³/mol. The molecule has 0 aliphatic heterocycles. The monoisotopic (exact) mass is 627 g/mol. The van der Waals surface area contributed by atoms with Gasteiger partial charge in [0.1, 0.15) is 18.3 Å². The van der Waals surface area contributed by atoms with Crippen molar-refractivity contribution in [2.45, 2.75) is 57.2 Å². The van der Waals surface area contributed by atoms with Crippen LogP contribution in [-0.2, 0) is 32.6 Å². The summed E-state index contributed by atoms with van der Waals surface area (Å²) in [7, 11) is -2.31. The summed E-state index contributed by atoms with van der Waals surface area (Å²) in [6.45, 7) is -0.364. The molecule has 0 aromatic heterocycles. The number of hydrogen-bond donors (Lipinski definition) is 1. The lowest BCUT2D eigenvalue weighted by atomic mass is 9.94. The Balaban J connectivity index is 1.55. The van der Waals surface area contributed by atoms with Crippen LogP contribution in [0, 0.1) is 0 Å². The van der Waals surface area contributed by atoms with E-state index >= 15 is 0 Å². The normalized spacial score (nSPS) is 14.4. The molecule has 0 unspecified atom stereocenters. The molecular formula is C36H41N3O5S. The summed E-state index contributed by atoms with van der Waals surface area (Å²) in [6.07, 6.45) is 6.43. The summed E-state index contributed by atoms with van der Waals surface area (Å²) in [5.74, 6) is -0.0892. The molecule has 4 aromatic carbocycles.